The van der Waals surface area contributed by atoms with E-state index in [1.807, 2.05) is 37.4 Å². The van der Waals surface area contributed by atoms with E-state index in [0.29, 0.717) is 24.7 Å². The molecule has 0 fully saturated rings. The van der Waals surface area contributed by atoms with Gasteiger partial charge in [-0.1, -0.05) is 23.4 Å². The number of ether oxygens (including phenoxy) is 1. The number of anilines is 1. The highest BCUT2D eigenvalue weighted by Crippen LogP contribution is 2.07. The number of quaternary nitrogens is 1. The molecule has 1 unspecified atom stereocenters. The van der Waals surface area contributed by atoms with Gasteiger partial charge in [0, 0.05) is 6.07 Å². The minimum atomic E-state index is -0.0967. The van der Waals surface area contributed by atoms with E-state index >= 15 is 0 Å². The number of hydrogen-bond acceptors (Lipinski definition) is 4. The van der Waals surface area contributed by atoms with Crippen LogP contribution in [0.2, 0.25) is 0 Å². The van der Waals surface area contributed by atoms with Crippen molar-refractivity contribution in [2.75, 3.05) is 32.1 Å². The SMILES string of the molecule is Cc1cc(NC(=O)C[NH+](C)CCOc2ccccc2)no1. The van der Waals surface area contributed by atoms with Crippen molar-refractivity contribution in [3.05, 3.63) is 42.2 Å². The minimum Gasteiger partial charge on any atom is -0.488 e. The van der Waals surface area contributed by atoms with Crippen LogP contribution in [0.25, 0.3) is 0 Å². The number of aryl methyl sites for hydroxylation is 1. The maximum Gasteiger partial charge on any atom is 0.280 e. The standard InChI is InChI=1S/C15H19N3O3/c1-12-10-14(17-21-12)16-15(19)11-18(2)8-9-20-13-6-4-3-5-7-13/h3-7,10H,8-9,11H2,1-2H3,(H,16,17,19)/p+1. The molecule has 1 amide bonds. The predicted molar refractivity (Wildman–Crippen MR) is 78.4 cm³/mol. The molecule has 0 aliphatic rings. The average molecular weight is 290 g/mol. The van der Waals surface area contributed by atoms with Crippen molar-refractivity contribution in [2.45, 2.75) is 6.92 Å². The van der Waals surface area contributed by atoms with Crippen LogP contribution in [-0.2, 0) is 4.79 Å². The van der Waals surface area contributed by atoms with Gasteiger partial charge in [0.1, 0.15) is 24.7 Å². The van der Waals surface area contributed by atoms with Crippen molar-refractivity contribution in [1.29, 1.82) is 0 Å². The Morgan fingerprint density at radius 2 is 2.14 bits per heavy atom. The van der Waals surface area contributed by atoms with Crippen molar-refractivity contribution in [1.82, 2.24) is 5.16 Å². The summed E-state index contributed by atoms with van der Waals surface area (Å²) in [5.74, 6) is 1.86. The molecule has 0 bridgehead atoms. The molecule has 6 heteroatoms. The minimum absolute atomic E-state index is 0.0967. The van der Waals surface area contributed by atoms with Crippen LogP contribution in [0.5, 0.6) is 5.75 Å². The molecule has 2 aromatic rings. The molecule has 0 saturated carbocycles. The molecule has 0 spiro atoms. The maximum atomic E-state index is 11.8. The van der Waals surface area contributed by atoms with Crippen LogP contribution in [0.4, 0.5) is 5.82 Å². The number of carbonyl (C=O) groups excluding carboxylic acids is 1. The Balaban J connectivity index is 1.67. The molecule has 0 aliphatic carbocycles. The summed E-state index contributed by atoms with van der Waals surface area (Å²) in [6.07, 6.45) is 0. The lowest BCUT2D eigenvalue weighted by molar-refractivity contribution is -0.871. The first kappa shape index (κ1) is 15.1. The van der Waals surface area contributed by atoms with E-state index in [9.17, 15) is 4.79 Å². The molecule has 0 radical (unpaired) electrons. The predicted octanol–water partition coefficient (Wildman–Crippen LogP) is 0.515. The quantitative estimate of drug-likeness (QED) is 0.780. The van der Waals surface area contributed by atoms with Crippen molar-refractivity contribution in [2.24, 2.45) is 0 Å². The Morgan fingerprint density at radius 3 is 2.81 bits per heavy atom. The van der Waals surface area contributed by atoms with Gasteiger partial charge in [0.2, 0.25) is 0 Å². The summed E-state index contributed by atoms with van der Waals surface area (Å²) in [7, 11) is 1.95. The Kier molecular flexibility index (Phi) is 5.34. The lowest BCUT2D eigenvalue weighted by atomic mass is 10.3. The van der Waals surface area contributed by atoms with Gasteiger partial charge >= 0.3 is 0 Å². The van der Waals surface area contributed by atoms with E-state index in [0.717, 1.165) is 17.2 Å². The highest BCUT2D eigenvalue weighted by Gasteiger charge is 2.12. The molecule has 2 rings (SSSR count). The summed E-state index contributed by atoms with van der Waals surface area (Å²) in [5.41, 5.74) is 0. The Morgan fingerprint density at radius 1 is 1.38 bits per heavy atom. The van der Waals surface area contributed by atoms with Gasteiger partial charge in [-0.25, -0.2) is 0 Å². The lowest BCUT2D eigenvalue weighted by Crippen LogP contribution is -3.10. The summed E-state index contributed by atoms with van der Waals surface area (Å²) < 4.78 is 10.5. The highest BCUT2D eigenvalue weighted by atomic mass is 16.5. The second kappa shape index (κ2) is 7.44. The molecular weight excluding hydrogens is 270 g/mol. The fraction of sp³-hybridized carbons (Fsp3) is 0.333. The molecule has 0 aliphatic heterocycles. The Labute approximate surface area is 123 Å². The zero-order valence-electron chi connectivity index (χ0n) is 12.3. The molecule has 1 aromatic carbocycles. The summed E-state index contributed by atoms with van der Waals surface area (Å²) >= 11 is 0. The van der Waals surface area contributed by atoms with Crippen LogP contribution < -0.4 is 15.0 Å². The summed E-state index contributed by atoms with van der Waals surface area (Å²) in [5, 5.41) is 6.42. The van der Waals surface area contributed by atoms with Gasteiger partial charge in [-0.3, -0.25) is 4.79 Å². The van der Waals surface area contributed by atoms with Gasteiger partial charge in [-0.05, 0) is 19.1 Å². The number of aromatic nitrogens is 1. The number of hydrogen-bond donors (Lipinski definition) is 2. The smallest absolute Gasteiger partial charge is 0.280 e. The molecule has 1 atom stereocenters. The summed E-state index contributed by atoms with van der Waals surface area (Å²) in [4.78, 5) is 12.9. The van der Waals surface area contributed by atoms with Crippen LogP contribution in [0.1, 0.15) is 5.76 Å². The molecule has 21 heavy (non-hydrogen) atoms. The van der Waals surface area contributed by atoms with Crippen LogP contribution in [0.15, 0.2) is 40.9 Å². The van der Waals surface area contributed by atoms with E-state index in [-0.39, 0.29) is 5.91 Å². The second-order valence-corrected chi connectivity index (χ2v) is 4.92. The van der Waals surface area contributed by atoms with Gasteiger partial charge in [-0.15, -0.1) is 0 Å². The third-order valence-electron chi connectivity index (χ3n) is 2.90. The molecule has 0 saturated heterocycles. The molecule has 6 nitrogen and oxygen atoms in total. The van der Waals surface area contributed by atoms with Crippen molar-refractivity contribution in [3.8, 4) is 5.75 Å². The zero-order chi connectivity index (χ0) is 15.1. The number of carbonyl (C=O) groups is 1. The maximum absolute atomic E-state index is 11.8. The Bertz CT molecular complexity index is 569. The van der Waals surface area contributed by atoms with Crippen LogP contribution in [0.3, 0.4) is 0 Å². The number of nitrogens with zero attached hydrogens (tertiary/aromatic N) is 1. The van der Waals surface area contributed by atoms with E-state index in [4.69, 9.17) is 9.26 Å². The van der Waals surface area contributed by atoms with Crippen molar-refractivity contribution >= 4 is 11.7 Å². The summed E-state index contributed by atoms with van der Waals surface area (Å²) in [6.45, 7) is 3.43. The topological polar surface area (TPSA) is 68.8 Å². The van der Waals surface area contributed by atoms with Gasteiger partial charge in [0.25, 0.3) is 5.91 Å². The van der Waals surface area contributed by atoms with E-state index in [1.54, 1.807) is 13.0 Å². The van der Waals surface area contributed by atoms with E-state index in [2.05, 4.69) is 10.5 Å². The van der Waals surface area contributed by atoms with E-state index in [1.165, 1.54) is 0 Å². The third-order valence-corrected chi connectivity index (χ3v) is 2.90. The average Bonchev–Trinajstić information content (AvgIpc) is 2.85. The first-order valence-electron chi connectivity index (χ1n) is 6.86. The molecule has 1 aromatic heterocycles. The molecule has 2 N–H and O–H groups in total. The molecule has 1 heterocycles. The third kappa shape index (κ3) is 5.27. The fourth-order valence-electron chi connectivity index (χ4n) is 1.83. The largest absolute Gasteiger partial charge is 0.488 e. The first-order chi connectivity index (χ1) is 10.1. The van der Waals surface area contributed by atoms with Gasteiger partial charge in [0.15, 0.2) is 12.4 Å². The number of amides is 1. The zero-order valence-corrected chi connectivity index (χ0v) is 12.3. The number of para-hydroxylation sites is 1. The van der Waals surface area contributed by atoms with Gasteiger partial charge in [0.05, 0.1) is 7.05 Å². The van der Waals surface area contributed by atoms with Crippen molar-refractivity contribution in [3.63, 3.8) is 0 Å². The second-order valence-electron chi connectivity index (χ2n) is 4.92. The van der Waals surface area contributed by atoms with Gasteiger partial charge < -0.3 is 19.5 Å². The van der Waals surface area contributed by atoms with Gasteiger partial charge in [-0.2, -0.15) is 0 Å². The Hall–Kier alpha value is -2.34. The number of rotatable bonds is 7. The fourth-order valence-corrected chi connectivity index (χ4v) is 1.83. The number of likely N-dealkylation sites (N-methyl/N-ethyl adjacent to an activating group) is 1. The van der Waals surface area contributed by atoms with Crippen LogP contribution >= 0.6 is 0 Å². The van der Waals surface area contributed by atoms with E-state index < -0.39 is 0 Å². The summed E-state index contributed by atoms with van der Waals surface area (Å²) in [6, 6.07) is 11.3. The number of nitrogens with one attached hydrogen (secondary N) is 2. The monoisotopic (exact) mass is 290 g/mol. The van der Waals surface area contributed by atoms with Crippen LogP contribution in [-0.4, -0.2) is 37.8 Å². The molecule has 112 valence electrons. The van der Waals surface area contributed by atoms with Crippen molar-refractivity contribution < 1.29 is 19.0 Å². The van der Waals surface area contributed by atoms with Crippen LogP contribution in [0, 0.1) is 6.92 Å². The lowest BCUT2D eigenvalue weighted by Gasteiger charge is -2.13. The number of benzene rings is 1. The highest BCUT2D eigenvalue weighted by molar-refractivity contribution is 5.90. The first-order valence-corrected chi connectivity index (χ1v) is 6.86. The normalized spacial score (nSPS) is 11.9. The molecular formula is C15H20N3O3+.